The van der Waals surface area contributed by atoms with Gasteiger partial charge in [-0.05, 0) is 24.4 Å². The Kier molecular flexibility index (Phi) is 13.3. The van der Waals surface area contributed by atoms with Crippen LogP contribution in [0, 0.1) is 5.41 Å². The first-order chi connectivity index (χ1) is 9.18. The van der Waals surface area contributed by atoms with Crippen molar-refractivity contribution in [2.45, 2.75) is 26.7 Å². The van der Waals surface area contributed by atoms with Crippen LogP contribution >= 0.6 is 20.6 Å². The normalized spacial score (nSPS) is 16.6. The molecular formula is C13H24BO3PS. The van der Waals surface area contributed by atoms with Gasteiger partial charge in [-0.2, -0.15) is 0 Å². The van der Waals surface area contributed by atoms with E-state index in [4.69, 9.17) is 12.7 Å². The lowest BCUT2D eigenvalue weighted by Crippen LogP contribution is -2.25. The molecule has 0 bridgehead atoms. The molecule has 0 N–H and O–H groups in total. The van der Waals surface area contributed by atoms with Gasteiger partial charge >= 0.3 is 0 Å². The van der Waals surface area contributed by atoms with Gasteiger partial charge < -0.3 is 0 Å². The molecule has 0 fully saturated rings. The molecule has 0 heterocycles. The van der Waals surface area contributed by atoms with Crippen molar-refractivity contribution in [2.24, 2.45) is 5.41 Å². The van der Waals surface area contributed by atoms with Crippen molar-refractivity contribution < 1.29 is 14.3 Å². The third-order valence-electron chi connectivity index (χ3n) is 2.76. The molecule has 19 heavy (non-hydrogen) atoms. The molecule has 6 heteroatoms. The maximum atomic E-state index is 5.48. The van der Waals surface area contributed by atoms with E-state index in [1.807, 2.05) is 0 Å². The molecule has 0 amide bonds. The summed E-state index contributed by atoms with van der Waals surface area (Å²) in [5, 5.41) is 4.50. The van der Waals surface area contributed by atoms with E-state index in [9.17, 15) is 0 Å². The molecule has 2 atom stereocenters. The largest absolute Gasteiger partial charge is 0.205 e. The summed E-state index contributed by atoms with van der Waals surface area (Å²) in [6, 6.07) is 0.748. The highest BCUT2D eigenvalue weighted by atomic mass is 32.2. The van der Waals surface area contributed by atoms with Gasteiger partial charge in [-0.25, -0.2) is 4.89 Å². The molecule has 0 saturated heterocycles. The highest BCUT2D eigenvalue weighted by Gasteiger charge is 2.22. The van der Waals surface area contributed by atoms with Gasteiger partial charge in [0.1, 0.15) is 0 Å². The maximum absolute atomic E-state index is 5.48. The summed E-state index contributed by atoms with van der Waals surface area (Å²) in [6.45, 7) is 4.84. The molecule has 108 valence electrons. The van der Waals surface area contributed by atoms with E-state index in [1.165, 1.54) is 0 Å². The van der Waals surface area contributed by atoms with Crippen molar-refractivity contribution in [2.75, 3.05) is 25.1 Å². The minimum atomic E-state index is 0.138. The van der Waals surface area contributed by atoms with E-state index in [2.05, 4.69) is 47.5 Å². The van der Waals surface area contributed by atoms with Gasteiger partial charge in [-0.3, -0.25) is 0 Å². The zero-order valence-electron chi connectivity index (χ0n) is 12.1. The summed E-state index contributed by atoms with van der Waals surface area (Å²) in [6.07, 6.45) is 13.4. The van der Waals surface area contributed by atoms with Crippen LogP contribution in [0.1, 0.15) is 26.7 Å². The van der Waals surface area contributed by atoms with Gasteiger partial charge in [0.2, 0.25) is 0 Å². The molecule has 0 aromatic carbocycles. The van der Waals surface area contributed by atoms with Crippen molar-refractivity contribution >= 4 is 28.5 Å². The number of allylic oxidation sites excluding steroid dienone is 4. The first-order valence-electron chi connectivity index (χ1n) is 6.40. The van der Waals surface area contributed by atoms with Crippen LogP contribution in [0.15, 0.2) is 24.3 Å². The van der Waals surface area contributed by atoms with Gasteiger partial charge in [0.05, 0.1) is 14.5 Å². The third-order valence-corrected chi connectivity index (χ3v) is 4.34. The summed E-state index contributed by atoms with van der Waals surface area (Å²) in [5.41, 5.74) is 0.138. The average Bonchev–Trinajstić information content (AvgIpc) is 3.01. The molecule has 2 radical (unpaired) electrons. The molecule has 1 rings (SSSR count). The lowest BCUT2D eigenvalue weighted by Gasteiger charge is -2.26. The van der Waals surface area contributed by atoms with Crippen LogP contribution in [-0.4, -0.2) is 32.9 Å². The zero-order valence-corrected chi connectivity index (χ0v) is 13.9. The van der Waals surface area contributed by atoms with E-state index < -0.39 is 0 Å². The van der Waals surface area contributed by atoms with Gasteiger partial charge in [0.25, 0.3) is 0 Å². The average molecular weight is 302 g/mol. The molecule has 0 saturated carbocycles. The van der Waals surface area contributed by atoms with Gasteiger partial charge in [-0.15, -0.1) is 12.9 Å². The minimum Gasteiger partial charge on any atom is -0.205 e. The second-order valence-electron chi connectivity index (χ2n) is 4.45. The summed E-state index contributed by atoms with van der Waals surface area (Å²) in [5.74, 6) is 0. The van der Waals surface area contributed by atoms with Gasteiger partial charge in [0, 0.05) is 18.3 Å². The SMILES string of the molecule is C1=CCC=C1.[B]CPC[C@](C)(CC)COOOSC. The summed E-state index contributed by atoms with van der Waals surface area (Å²) >= 11 is 1.11. The molecule has 0 spiro atoms. The van der Waals surface area contributed by atoms with Crippen molar-refractivity contribution in [1.82, 2.24) is 0 Å². The fourth-order valence-corrected chi connectivity index (χ4v) is 2.45. The molecule has 1 unspecified atom stereocenters. The number of rotatable bonds is 9. The second-order valence-corrected chi connectivity index (χ2v) is 6.18. The lowest BCUT2D eigenvalue weighted by molar-refractivity contribution is -0.466. The first kappa shape index (κ1) is 19.2. The third kappa shape index (κ3) is 11.7. The van der Waals surface area contributed by atoms with Crippen molar-refractivity contribution in [3.05, 3.63) is 24.3 Å². The fourth-order valence-electron chi connectivity index (χ4n) is 1.26. The monoisotopic (exact) mass is 302 g/mol. The van der Waals surface area contributed by atoms with Crippen LogP contribution in [0.25, 0.3) is 0 Å². The van der Waals surface area contributed by atoms with Crippen LogP contribution in [0.2, 0.25) is 0 Å². The van der Waals surface area contributed by atoms with Gasteiger partial charge in [0.15, 0.2) is 0 Å². The van der Waals surface area contributed by atoms with Crippen LogP contribution in [0.3, 0.4) is 0 Å². The van der Waals surface area contributed by atoms with Crippen LogP contribution in [-0.2, 0) is 14.3 Å². The van der Waals surface area contributed by atoms with E-state index in [1.54, 1.807) is 6.26 Å². The van der Waals surface area contributed by atoms with Crippen LogP contribution < -0.4 is 0 Å². The highest BCUT2D eigenvalue weighted by Crippen LogP contribution is 2.29. The summed E-state index contributed by atoms with van der Waals surface area (Å²) in [4.78, 5) is 4.95. The van der Waals surface area contributed by atoms with E-state index in [0.29, 0.717) is 6.61 Å². The predicted molar refractivity (Wildman–Crippen MR) is 86.7 cm³/mol. The predicted octanol–water partition coefficient (Wildman–Crippen LogP) is 3.87. The first-order valence-corrected chi connectivity index (χ1v) is 8.96. The molecule has 0 aromatic heterocycles. The summed E-state index contributed by atoms with van der Waals surface area (Å²) < 4.78 is 4.55. The molecule has 1 aliphatic rings. The minimum absolute atomic E-state index is 0.138. The molecule has 0 aliphatic heterocycles. The Balaban J connectivity index is 0.000000532. The summed E-state index contributed by atoms with van der Waals surface area (Å²) in [7, 11) is 6.26. The fraction of sp³-hybridized carbons (Fsp3) is 0.692. The lowest BCUT2D eigenvalue weighted by atomic mass is 9.91. The molecule has 3 nitrogen and oxygen atoms in total. The Morgan fingerprint density at radius 3 is 2.47 bits per heavy atom. The quantitative estimate of drug-likeness (QED) is 0.161. The Morgan fingerprint density at radius 2 is 2.05 bits per heavy atom. The smallest absolute Gasteiger partial charge is 0.0911 e. The Hall–Kier alpha value is 0.205. The Morgan fingerprint density at radius 1 is 1.37 bits per heavy atom. The Labute approximate surface area is 124 Å². The van der Waals surface area contributed by atoms with E-state index >= 15 is 0 Å². The van der Waals surface area contributed by atoms with Crippen molar-refractivity contribution in [3.63, 3.8) is 0 Å². The standard InChI is InChI=1S/C8H18BO3PS.C5H6/c1-4-8(2,6-13-7-9)5-10-11-12-14-3;1-2-4-5-3-1/h13H,4-7H2,1-3H3;1-4H,5H2/t8-;/m1./s1. The van der Waals surface area contributed by atoms with Crippen LogP contribution in [0.5, 0.6) is 0 Å². The Bertz CT molecular complexity index is 254. The van der Waals surface area contributed by atoms with Crippen molar-refractivity contribution in [1.29, 1.82) is 0 Å². The number of hydrogen-bond acceptors (Lipinski definition) is 4. The topological polar surface area (TPSA) is 27.7 Å². The second kappa shape index (κ2) is 13.2. The molecule has 1 aliphatic carbocycles. The molecule has 0 aromatic rings. The van der Waals surface area contributed by atoms with Crippen LogP contribution in [0.4, 0.5) is 0 Å². The van der Waals surface area contributed by atoms with E-state index in [0.717, 1.165) is 45.7 Å². The maximum Gasteiger partial charge on any atom is 0.0911 e. The number of hydrogen-bond donors (Lipinski definition) is 0. The highest BCUT2D eigenvalue weighted by molar-refractivity contribution is 7.93. The zero-order chi connectivity index (χ0) is 14.4. The van der Waals surface area contributed by atoms with E-state index in [-0.39, 0.29) is 5.41 Å². The molecular weight excluding hydrogens is 278 g/mol. The van der Waals surface area contributed by atoms with Crippen molar-refractivity contribution in [3.8, 4) is 0 Å². The van der Waals surface area contributed by atoms with Gasteiger partial charge in [-0.1, -0.05) is 49.3 Å².